The van der Waals surface area contributed by atoms with Gasteiger partial charge in [-0.15, -0.1) is 0 Å². The van der Waals surface area contributed by atoms with Crippen LogP contribution in [0, 0.1) is 11.8 Å². The Labute approximate surface area is 92.8 Å². The van der Waals surface area contributed by atoms with Gasteiger partial charge in [0.1, 0.15) is 6.29 Å². The van der Waals surface area contributed by atoms with Gasteiger partial charge >= 0.3 is 0 Å². The summed E-state index contributed by atoms with van der Waals surface area (Å²) in [5.74, 6) is 0.904. The molecule has 2 fully saturated rings. The number of aldehydes is 1. The van der Waals surface area contributed by atoms with E-state index in [0.29, 0.717) is 17.9 Å². The molecule has 2 nitrogen and oxygen atoms in total. The number of carbonyl (C=O) groups is 1. The smallest absolute Gasteiger partial charge is 0.123 e. The minimum Gasteiger partial charge on any atom is -0.311 e. The summed E-state index contributed by atoms with van der Waals surface area (Å²) in [5, 5.41) is 3.78. The summed E-state index contributed by atoms with van der Waals surface area (Å²) >= 11 is 0. The lowest BCUT2D eigenvalue weighted by atomic mass is 9.78. The van der Waals surface area contributed by atoms with Crippen molar-refractivity contribution in [1.82, 2.24) is 5.32 Å². The SMILES string of the molecule is CC1CC(NC2CCCC2)CCC1C=O. The van der Waals surface area contributed by atoms with Crippen molar-refractivity contribution in [2.45, 2.75) is 64.0 Å². The second kappa shape index (κ2) is 5.11. The molecule has 2 rings (SSSR count). The van der Waals surface area contributed by atoms with Gasteiger partial charge in [0.25, 0.3) is 0 Å². The second-order valence-electron chi connectivity index (χ2n) is 5.44. The van der Waals surface area contributed by atoms with Crippen molar-refractivity contribution in [3.05, 3.63) is 0 Å². The van der Waals surface area contributed by atoms with Crippen molar-refractivity contribution in [1.29, 1.82) is 0 Å². The number of rotatable bonds is 3. The molecular weight excluding hydrogens is 186 g/mol. The molecule has 2 aliphatic carbocycles. The molecule has 0 aromatic heterocycles. The molecular formula is C13H23NO. The maximum atomic E-state index is 10.8. The van der Waals surface area contributed by atoms with E-state index in [-0.39, 0.29) is 0 Å². The predicted octanol–water partition coefficient (Wildman–Crippen LogP) is 2.52. The Hall–Kier alpha value is -0.370. The largest absolute Gasteiger partial charge is 0.311 e. The van der Waals surface area contributed by atoms with Crippen LogP contribution in [-0.2, 0) is 4.79 Å². The molecule has 0 aromatic rings. The number of carbonyl (C=O) groups excluding carboxylic acids is 1. The molecule has 0 aromatic carbocycles. The van der Waals surface area contributed by atoms with Crippen molar-refractivity contribution in [2.75, 3.05) is 0 Å². The Balaban J connectivity index is 1.77. The molecule has 0 bridgehead atoms. The van der Waals surface area contributed by atoms with E-state index < -0.39 is 0 Å². The van der Waals surface area contributed by atoms with Gasteiger partial charge in [-0.25, -0.2) is 0 Å². The summed E-state index contributed by atoms with van der Waals surface area (Å²) in [4.78, 5) is 10.8. The molecule has 0 aliphatic heterocycles. The van der Waals surface area contributed by atoms with E-state index in [2.05, 4.69) is 12.2 Å². The number of hydrogen-bond donors (Lipinski definition) is 1. The van der Waals surface area contributed by atoms with Crippen LogP contribution in [0.1, 0.15) is 51.9 Å². The van der Waals surface area contributed by atoms with Gasteiger partial charge in [-0.1, -0.05) is 19.8 Å². The first-order valence-electron chi connectivity index (χ1n) is 6.51. The van der Waals surface area contributed by atoms with Gasteiger partial charge in [0.05, 0.1) is 0 Å². The van der Waals surface area contributed by atoms with Crippen LogP contribution in [0.5, 0.6) is 0 Å². The van der Waals surface area contributed by atoms with E-state index in [9.17, 15) is 4.79 Å². The lowest BCUT2D eigenvalue weighted by Gasteiger charge is -2.33. The van der Waals surface area contributed by atoms with Crippen LogP contribution >= 0.6 is 0 Å². The Kier molecular flexibility index (Phi) is 3.79. The predicted molar refractivity (Wildman–Crippen MR) is 61.7 cm³/mol. The van der Waals surface area contributed by atoms with Gasteiger partial charge in [0.2, 0.25) is 0 Å². The van der Waals surface area contributed by atoms with Crippen molar-refractivity contribution in [2.24, 2.45) is 11.8 Å². The molecule has 2 heteroatoms. The van der Waals surface area contributed by atoms with Gasteiger partial charge in [0.15, 0.2) is 0 Å². The highest BCUT2D eigenvalue weighted by Gasteiger charge is 2.28. The van der Waals surface area contributed by atoms with Crippen molar-refractivity contribution in [3.63, 3.8) is 0 Å². The fourth-order valence-corrected chi connectivity index (χ4v) is 3.20. The zero-order valence-corrected chi connectivity index (χ0v) is 9.74. The lowest BCUT2D eigenvalue weighted by molar-refractivity contribution is -0.113. The Morgan fingerprint density at radius 3 is 2.40 bits per heavy atom. The average molecular weight is 209 g/mol. The maximum Gasteiger partial charge on any atom is 0.123 e. The molecule has 0 saturated heterocycles. The van der Waals surface area contributed by atoms with Crippen molar-refractivity contribution in [3.8, 4) is 0 Å². The molecule has 3 atom stereocenters. The Bertz CT molecular complexity index is 211. The second-order valence-corrected chi connectivity index (χ2v) is 5.44. The van der Waals surface area contributed by atoms with E-state index in [1.165, 1.54) is 38.5 Å². The summed E-state index contributed by atoms with van der Waals surface area (Å²) in [5.41, 5.74) is 0. The standard InChI is InChI=1S/C13H23NO/c1-10-8-13(7-6-11(10)9-15)14-12-4-2-3-5-12/h9-14H,2-8H2,1H3. The van der Waals surface area contributed by atoms with Gasteiger partial charge in [-0.3, -0.25) is 0 Å². The third kappa shape index (κ3) is 2.81. The van der Waals surface area contributed by atoms with Crippen LogP contribution in [0.4, 0.5) is 0 Å². The molecule has 0 heterocycles. The number of nitrogens with one attached hydrogen (secondary N) is 1. The summed E-state index contributed by atoms with van der Waals surface area (Å²) in [7, 11) is 0. The molecule has 0 amide bonds. The average Bonchev–Trinajstić information content (AvgIpc) is 2.71. The summed E-state index contributed by atoms with van der Waals surface area (Å²) in [6.45, 7) is 2.22. The van der Waals surface area contributed by atoms with Crippen LogP contribution in [0.3, 0.4) is 0 Å². The normalized spacial score (nSPS) is 38.1. The van der Waals surface area contributed by atoms with Gasteiger partial charge in [-0.05, 0) is 38.0 Å². The van der Waals surface area contributed by atoms with Crippen LogP contribution in [-0.4, -0.2) is 18.4 Å². The first-order chi connectivity index (χ1) is 7.29. The first-order valence-corrected chi connectivity index (χ1v) is 6.51. The zero-order valence-electron chi connectivity index (χ0n) is 9.74. The van der Waals surface area contributed by atoms with Crippen LogP contribution < -0.4 is 5.32 Å². The van der Waals surface area contributed by atoms with Gasteiger partial charge < -0.3 is 10.1 Å². The topological polar surface area (TPSA) is 29.1 Å². The monoisotopic (exact) mass is 209 g/mol. The highest BCUT2D eigenvalue weighted by atomic mass is 16.1. The minimum absolute atomic E-state index is 0.326. The minimum atomic E-state index is 0.326. The van der Waals surface area contributed by atoms with Crippen molar-refractivity contribution >= 4 is 6.29 Å². The van der Waals surface area contributed by atoms with E-state index in [4.69, 9.17) is 0 Å². The molecule has 0 spiro atoms. The summed E-state index contributed by atoms with van der Waals surface area (Å²) in [6.07, 6.45) is 10.2. The lowest BCUT2D eigenvalue weighted by Crippen LogP contribution is -2.41. The first kappa shape index (κ1) is 11.1. The molecule has 3 unspecified atom stereocenters. The molecule has 86 valence electrons. The van der Waals surface area contributed by atoms with Crippen LogP contribution in [0.15, 0.2) is 0 Å². The van der Waals surface area contributed by atoms with Gasteiger partial charge in [-0.2, -0.15) is 0 Å². The zero-order chi connectivity index (χ0) is 10.7. The third-order valence-electron chi connectivity index (χ3n) is 4.24. The number of hydrogen-bond acceptors (Lipinski definition) is 2. The quantitative estimate of drug-likeness (QED) is 0.724. The fourth-order valence-electron chi connectivity index (χ4n) is 3.20. The third-order valence-corrected chi connectivity index (χ3v) is 4.24. The van der Waals surface area contributed by atoms with E-state index in [1.807, 2.05) is 0 Å². The fraction of sp³-hybridized carbons (Fsp3) is 0.923. The van der Waals surface area contributed by atoms with E-state index >= 15 is 0 Å². The van der Waals surface area contributed by atoms with E-state index in [0.717, 1.165) is 18.7 Å². The van der Waals surface area contributed by atoms with E-state index in [1.54, 1.807) is 0 Å². The summed E-state index contributed by atoms with van der Waals surface area (Å²) < 4.78 is 0. The van der Waals surface area contributed by atoms with Crippen LogP contribution in [0.2, 0.25) is 0 Å². The maximum absolute atomic E-state index is 10.8. The Morgan fingerprint density at radius 2 is 1.80 bits per heavy atom. The van der Waals surface area contributed by atoms with Gasteiger partial charge in [0, 0.05) is 18.0 Å². The highest BCUT2D eigenvalue weighted by molar-refractivity contribution is 5.54. The Morgan fingerprint density at radius 1 is 1.07 bits per heavy atom. The molecule has 2 saturated carbocycles. The molecule has 0 radical (unpaired) electrons. The summed E-state index contributed by atoms with van der Waals surface area (Å²) in [6, 6.07) is 1.45. The molecule has 15 heavy (non-hydrogen) atoms. The van der Waals surface area contributed by atoms with Crippen LogP contribution in [0.25, 0.3) is 0 Å². The molecule has 2 aliphatic rings. The highest BCUT2D eigenvalue weighted by Crippen LogP contribution is 2.30. The molecule has 1 N–H and O–H groups in total. The van der Waals surface area contributed by atoms with Crippen molar-refractivity contribution < 1.29 is 4.79 Å².